The van der Waals surface area contributed by atoms with Crippen LogP contribution >= 0.6 is 0 Å². The van der Waals surface area contributed by atoms with Crippen molar-refractivity contribution in [1.29, 1.82) is 0 Å². The maximum Gasteiger partial charge on any atom is 0.330 e. The van der Waals surface area contributed by atoms with Crippen LogP contribution in [0.4, 0.5) is 0 Å². The smallest absolute Gasteiger partial charge is 0.330 e. The summed E-state index contributed by atoms with van der Waals surface area (Å²) in [5.41, 5.74) is 0. The van der Waals surface area contributed by atoms with Crippen LogP contribution in [0.3, 0.4) is 0 Å². The average Bonchev–Trinajstić information content (AvgIpc) is 2.53. The van der Waals surface area contributed by atoms with E-state index in [1.807, 2.05) is 0 Å². The number of unbranched alkanes of at least 4 members (excludes halogenated alkanes) is 3. The second kappa shape index (κ2) is 16.7. The molecule has 0 bridgehead atoms. The summed E-state index contributed by atoms with van der Waals surface area (Å²) in [6.07, 6.45) is 7.27. The second-order valence-corrected chi connectivity index (χ2v) is 6.49. The molecule has 0 rings (SSSR count). The minimum Gasteiger partial charge on any atom is -0.463 e. The Kier molecular flexibility index (Phi) is 16.1. The summed E-state index contributed by atoms with van der Waals surface area (Å²) in [6.45, 7) is 8.92. The number of hydrogen-bond donors (Lipinski definition) is 0. The predicted octanol–water partition coefficient (Wildman–Crippen LogP) is 2.93. The van der Waals surface area contributed by atoms with Crippen LogP contribution in [0.25, 0.3) is 0 Å². The molecule has 0 N–H and O–H groups in total. The minimum absolute atomic E-state index is 0.359. The molecular weight excluding hydrogens is 300 g/mol. The second-order valence-electron chi connectivity index (χ2n) is 5.04. The van der Waals surface area contributed by atoms with Crippen LogP contribution in [0, 0.1) is 0 Å². The quantitative estimate of drug-likeness (QED) is 0.143. The van der Waals surface area contributed by atoms with E-state index in [4.69, 9.17) is 18.6 Å². The van der Waals surface area contributed by atoms with Crippen LogP contribution in [-0.4, -0.2) is 42.0 Å². The van der Waals surface area contributed by atoms with Crippen LogP contribution in [0.2, 0.25) is 6.04 Å². The van der Waals surface area contributed by atoms with E-state index in [1.54, 1.807) is 0 Å². The Morgan fingerprint density at radius 3 is 2.23 bits per heavy atom. The van der Waals surface area contributed by atoms with Gasteiger partial charge in [-0.2, -0.15) is 0 Å². The first kappa shape index (κ1) is 21.3. The van der Waals surface area contributed by atoms with Gasteiger partial charge in [0.25, 0.3) is 6.48 Å². The molecule has 0 heterocycles. The molecule has 0 unspecified atom stereocenters. The summed E-state index contributed by atoms with van der Waals surface area (Å²) >= 11 is 0. The van der Waals surface area contributed by atoms with Crippen molar-refractivity contribution in [1.82, 2.24) is 0 Å². The Morgan fingerprint density at radius 1 is 1.05 bits per heavy atom. The van der Waals surface area contributed by atoms with E-state index in [9.17, 15) is 4.79 Å². The van der Waals surface area contributed by atoms with E-state index in [2.05, 4.69) is 20.4 Å². The lowest BCUT2D eigenvalue weighted by Gasteiger charge is -2.19. The molecule has 0 fully saturated rings. The largest absolute Gasteiger partial charge is 0.463 e. The Bertz CT molecular complexity index is 263. The van der Waals surface area contributed by atoms with Crippen molar-refractivity contribution in [2.24, 2.45) is 0 Å². The highest BCUT2D eigenvalue weighted by Gasteiger charge is 2.09. The Labute approximate surface area is 137 Å². The monoisotopic (exact) mass is 332 g/mol. The Morgan fingerprint density at radius 2 is 1.68 bits per heavy atom. The highest BCUT2D eigenvalue weighted by molar-refractivity contribution is 6.27. The van der Waals surface area contributed by atoms with Crippen molar-refractivity contribution >= 4 is 15.7 Å². The fraction of sp³-hybridized carbons (Fsp3) is 0.812. The molecule has 0 aromatic carbocycles. The molecule has 0 aromatic heterocycles. The van der Waals surface area contributed by atoms with Crippen LogP contribution in [-0.2, 0) is 23.4 Å². The molecule has 0 saturated carbocycles. The number of carbonyl (C=O) groups excluding carboxylic acids is 1. The first-order valence-electron chi connectivity index (χ1n) is 8.38. The Balaban J connectivity index is 3.63. The summed E-state index contributed by atoms with van der Waals surface area (Å²) in [5, 5.41) is 0. The average molecular weight is 333 g/mol. The summed E-state index contributed by atoms with van der Waals surface area (Å²) in [5.74, 6) is -0.359. The maximum atomic E-state index is 10.9. The molecule has 0 spiro atoms. The third kappa shape index (κ3) is 14.3. The number of rotatable bonds is 16. The fourth-order valence-electron chi connectivity index (χ4n) is 1.58. The summed E-state index contributed by atoms with van der Waals surface area (Å²) < 4.78 is 21.9. The first-order valence-corrected chi connectivity index (χ1v) is 9.96. The van der Waals surface area contributed by atoms with Gasteiger partial charge in [0.15, 0.2) is 9.76 Å². The normalized spacial score (nSPS) is 11.4. The van der Waals surface area contributed by atoms with Crippen LogP contribution < -0.4 is 0 Å². The van der Waals surface area contributed by atoms with Crippen molar-refractivity contribution in [2.45, 2.75) is 64.9 Å². The van der Waals surface area contributed by atoms with Gasteiger partial charge in [-0.05, 0) is 25.3 Å². The van der Waals surface area contributed by atoms with Gasteiger partial charge in [-0.1, -0.05) is 39.7 Å². The van der Waals surface area contributed by atoms with Gasteiger partial charge in [-0.3, -0.25) is 0 Å². The van der Waals surface area contributed by atoms with Gasteiger partial charge in [-0.15, -0.1) is 0 Å². The lowest BCUT2D eigenvalue weighted by Crippen LogP contribution is -2.24. The number of carbonyl (C=O) groups is 1. The molecule has 0 saturated heterocycles. The maximum absolute atomic E-state index is 10.9. The molecule has 0 aliphatic rings. The molecule has 0 radical (unpaired) electrons. The van der Waals surface area contributed by atoms with Crippen LogP contribution in [0.15, 0.2) is 12.7 Å². The van der Waals surface area contributed by atoms with Crippen molar-refractivity contribution in [3.63, 3.8) is 0 Å². The van der Waals surface area contributed by atoms with Gasteiger partial charge in [0.2, 0.25) is 0 Å². The van der Waals surface area contributed by atoms with Crippen LogP contribution in [0.5, 0.6) is 0 Å². The SMILES string of the molecule is C=CC(=O)OCCCC[SiH2]OC(OCCCC)OCCCC. The van der Waals surface area contributed by atoms with E-state index >= 15 is 0 Å². The van der Waals surface area contributed by atoms with Crippen molar-refractivity contribution in [3.05, 3.63) is 12.7 Å². The molecule has 5 nitrogen and oxygen atoms in total. The van der Waals surface area contributed by atoms with Gasteiger partial charge in [-0.25, -0.2) is 4.79 Å². The van der Waals surface area contributed by atoms with Gasteiger partial charge >= 0.3 is 5.97 Å². The highest BCUT2D eigenvalue weighted by Crippen LogP contribution is 2.04. The standard InChI is InChI=1S/C16H32O5Si/c1-4-7-11-19-16(20-12-8-5-2)21-22-14-10-9-13-18-15(17)6-3/h6,16H,3-5,7-14,22H2,1-2H3. The number of ether oxygens (including phenoxy) is 3. The van der Waals surface area contributed by atoms with Gasteiger partial charge in [0, 0.05) is 6.08 Å². The predicted molar refractivity (Wildman–Crippen MR) is 90.3 cm³/mol. The molecule has 0 amide bonds. The molecule has 22 heavy (non-hydrogen) atoms. The molecule has 130 valence electrons. The third-order valence-corrected chi connectivity index (χ3v) is 4.25. The lowest BCUT2D eigenvalue weighted by atomic mass is 10.4. The number of hydrogen-bond acceptors (Lipinski definition) is 5. The first-order chi connectivity index (χ1) is 10.7. The summed E-state index contributed by atoms with van der Waals surface area (Å²) in [4.78, 5) is 10.9. The van der Waals surface area contributed by atoms with Gasteiger partial charge in [0.05, 0.1) is 19.8 Å². The van der Waals surface area contributed by atoms with E-state index in [0.717, 1.165) is 44.6 Å². The number of esters is 1. The summed E-state index contributed by atoms with van der Waals surface area (Å²) in [7, 11) is -0.668. The molecule has 0 aliphatic carbocycles. The van der Waals surface area contributed by atoms with E-state index in [1.165, 1.54) is 6.08 Å². The van der Waals surface area contributed by atoms with Gasteiger partial charge < -0.3 is 18.6 Å². The Hall–Kier alpha value is -0.693. The van der Waals surface area contributed by atoms with E-state index in [0.29, 0.717) is 19.8 Å². The van der Waals surface area contributed by atoms with Crippen molar-refractivity contribution < 1.29 is 23.4 Å². The van der Waals surface area contributed by atoms with Crippen molar-refractivity contribution in [3.8, 4) is 0 Å². The van der Waals surface area contributed by atoms with E-state index in [-0.39, 0.29) is 5.97 Å². The van der Waals surface area contributed by atoms with Crippen molar-refractivity contribution in [2.75, 3.05) is 19.8 Å². The summed E-state index contributed by atoms with van der Waals surface area (Å²) in [6, 6.07) is 1.02. The molecule has 6 heteroatoms. The molecule has 0 atom stereocenters. The highest BCUT2D eigenvalue weighted by atomic mass is 28.2. The molecule has 0 aromatic rings. The van der Waals surface area contributed by atoms with Gasteiger partial charge in [0.1, 0.15) is 0 Å². The zero-order valence-corrected chi connectivity index (χ0v) is 15.6. The van der Waals surface area contributed by atoms with Crippen LogP contribution in [0.1, 0.15) is 52.4 Å². The topological polar surface area (TPSA) is 54.0 Å². The lowest BCUT2D eigenvalue weighted by molar-refractivity contribution is -0.248. The van der Waals surface area contributed by atoms with E-state index < -0.39 is 16.2 Å². The molecule has 0 aliphatic heterocycles. The zero-order valence-electron chi connectivity index (χ0n) is 14.2. The molecular formula is C16H32O5Si. The zero-order chi connectivity index (χ0) is 16.5. The minimum atomic E-state index is -0.668. The fourth-order valence-corrected chi connectivity index (χ4v) is 2.69. The third-order valence-electron chi connectivity index (χ3n) is 2.96.